The predicted molar refractivity (Wildman–Crippen MR) is 129 cm³/mol. The quantitative estimate of drug-likeness (QED) is 0.418. The molecule has 2 aromatic heterocycles. The topological polar surface area (TPSA) is 60.1 Å². The summed E-state index contributed by atoms with van der Waals surface area (Å²) in [4.78, 5) is 32.2. The Morgan fingerprint density at radius 1 is 1.00 bits per heavy atom. The van der Waals surface area contributed by atoms with Crippen molar-refractivity contribution >= 4 is 45.1 Å². The van der Waals surface area contributed by atoms with Crippen molar-refractivity contribution in [3.05, 3.63) is 85.0 Å². The molecule has 1 aliphatic rings. The van der Waals surface area contributed by atoms with E-state index in [0.717, 1.165) is 48.3 Å². The maximum atomic E-state index is 12.9. The first-order valence-corrected chi connectivity index (χ1v) is 11.3. The SMILES string of the molecule is Cn1c(=O)c(=O)n(C2CCN(Cc3cccc4c(Cl)cccc34)CC2)c2ncc(Cl)cc21. The zero-order valence-electron chi connectivity index (χ0n) is 17.6. The van der Waals surface area contributed by atoms with Crippen LogP contribution in [0.3, 0.4) is 0 Å². The summed E-state index contributed by atoms with van der Waals surface area (Å²) >= 11 is 12.5. The number of aryl methyl sites for hydroxylation is 1. The molecule has 0 spiro atoms. The Morgan fingerprint density at radius 3 is 2.50 bits per heavy atom. The van der Waals surface area contributed by atoms with E-state index in [-0.39, 0.29) is 6.04 Å². The molecule has 0 atom stereocenters. The van der Waals surface area contributed by atoms with Crippen LogP contribution in [-0.2, 0) is 13.6 Å². The van der Waals surface area contributed by atoms with Gasteiger partial charge in [-0.3, -0.25) is 19.1 Å². The van der Waals surface area contributed by atoms with Gasteiger partial charge in [0, 0.05) is 49.3 Å². The third-order valence-corrected chi connectivity index (χ3v) is 6.92. The summed E-state index contributed by atoms with van der Waals surface area (Å²) in [5.41, 5.74) is 1.21. The van der Waals surface area contributed by atoms with Gasteiger partial charge in [-0.15, -0.1) is 0 Å². The van der Waals surface area contributed by atoms with Gasteiger partial charge in [-0.1, -0.05) is 53.5 Å². The Morgan fingerprint density at radius 2 is 1.72 bits per heavy atom. The van der Waals surface area contributed by atoms with Crippen LogP contribution in [0.25, 0.3) is 21.9 Å². The third-order valence-electron chi connectivity index (χ3n) is 6.39. The molecule has 0 aliphatic carbocycles. The first-order chi connectivity index (χ1) is 15.4. The molecule has 1 saturated heterocycles. The maximum Gasteiger partial charge on any atom is 0.318 e. The average Bonchev–Trinajstić information content (AvgIpc) is 2.80. The lowest BCUT2D eigenvalue weighted by Crippen LogP contribution is -2.45. The second-order valence-electron chi connectivity index (χ2n) is 8.30. The highest BCUT2D eigenvalue weighted by molar-refractivity contribution is 6.35. The molecule has 0 unspecified atom stereocenters. The van der Waals surface area contributed by atoms with Gasteiger partial charge >= 0.3 is 11.1 Å². The summed E-state index contributed by atoms with van der Waals surface area (Å²) in [6, 6.07) is 13.8. The van der Waals surface area contributed by atoms with Gasteiger partial charge in [0.25, 0.3) is 0 Å². The van der Waals surface area contributed by atoms with Crippen LogP contribution < -0.4 is 11.1 Å². The monoisotopic (exact) mass is 468 g/mol. The van der Waals surface area contributed by atoms with Crippen molar-refractivity contribution < 1.29 is 0 Å². The molecule has 0 radical (unpaired) electrons. The third kappa shape index (κ3) is 3.62. The number of likely N-dealkylation sites (tertiary alicyclic amines) is 1. The molecule has 0 bridgehead atoms. The summed E-state index contributed by atoms with van der Waals surface area (Å²) < 4.78 is 2.90. The minimum Gasteiger partial charge on any atom is -0.304 e. The highest BCUT2D eigenvalue weighted by atomic mass is 35.5. The molecule has 2 aromatic carbocycles. The molecule has 0 saturated carbocycles. The van der Waals surface area contributed by atoms with Crippen LogP contribution in [0.5, 0.6) is 0 Å². The van der Waals surface area contributed by atoms with Crippen molar-refractivity contribution in [2.75, 3.05) is 13.1 Å². The van der Waals surface area contributed by atoms with Crippen molar-refractivity contribution in [1.82, 2.24) is 19.0 Å². The molecule has 4 aromatic rings. The molecular weight excluding hydrogens is 447 g/mol. The second kappa shape index (κ2) is 8.35. The number of hydrogen-bond donors (Lipinski definition) is 0. The highest BCUT2D eigenvalue weighted by Gasteiger charge is 2.25. The fourth-order valence-electron chi connectivity index (χ4n) is 4.70. The first kappa shape index (κ1) is 21.2. The molecule has 164 valence electrons. The lowest BCUT2D eigenvalue weighted by atomic mass is 10.0. The van der Waals surface area contributed by atoms with Crippen molar-refractivity contribution in [2.45, 2.75) is 25.4 Å². The summed E-state index contributed by atoms with van der Waals surface area (Å²) in [5.74, 6) is 0. The first-order valence-electron chi connectivity index (χ1n) is 10.6. The Kier molecular flexibility index (Phi) is 5.53. The van der Waals surface area contributed by atoms with E-state index in [1.165, 1.54) is 16.3 Å². The molecule has 1 fully saturated rings. The number of rotatable bonds is 3. The van der Waals surface area contributed by atoms with Gasteiger partial charge in [0.2, 0.25) is 0 Å². The fraction of sp³-hybridized carbons (Fsp3) is 0.292. The highest BCUT2D eigenvalue weighted by Crippen LogP contribution is 2.29. The molecule has 6 nitrogen and oxygen atoms in total. The number of nitrogens with zero attached hydrogens (tertiary/aromatic N) is 4. The number of piperidine rings is 1. The van der Waals surface area contributed by atoms with Gasteiger partial charge in [0.15, 0.2) is 5.65 Å². The fourth-order valence-corrected chi connectivity index (χ4v) is 5.09. The summed E-state index contributed by atoms with van der Waals surface area (Å²) in [5, 5.41) is 3.41. The number of halogens is 2. The summed E-state index contributed by atoms with van der Waals surface area (Å²) in [6.07, 6.45) is 3.04. The van der Waals surface area contributed by atoms with E-state index in [2.05, 4.69) is 22.0 Å². The number of fused-ring (bicyclic) bond motifs is 2. The normalized spacial score (nSPS) is 15.6. The molecule has 32 heavy (non-hydrogen) atoms. The Balaban J connectivity index is 1.42. The van der Waals surface area contributed by atoms with Crippen LogP contribution in [0, 0.1) is 0 Å². The Bertz CT molecular complexity index is 1450. The second-order valence-corrected chi connectivity index (χ2v) is 9.14. The van der Waals surface area contributed by atoms with Crippen molar-refractivity contribution in [3.8, 4) is 0 Å². The van der Waals surface area contributed by atoms with Crippen LogP contribution in [0.4, 0.5) is 0 Å². The number of benzene rings is 2. The lowest BCUT2D eigenvalue weighted by molar-refractivity contribution is 0.180. The molecular formula is C24H22Cl2N4O2. The smallest absolute Gasteiger partial charge is 0.304 e. The van der Waals surface area contributed by atoms with E-state index < -0.39 is 11.1 Å². The molecule has 3 heterocycles. The van der Waals surface area contributed by atoms with Crippen molar-refractivity contribution in [1.29, 1.82) is 0 Å². The standard InChI is InChI=1S/C24H22Cl2N4O2/c1-28-21-12-16(25)13-27-22(21)30(24(32)23(28)31)17-8-10-29(11-9-17)14-15-4-2-6-19-18(15)5-3-7-20(19)26/h2-7,12-13,17H,8-11,14H2,1H3. The van der Waals surface area contributed by atoms with Gasteiger partial charge in [-0.05, 0) is 35.9 Å². The molecule has 5 rings (SSSR count). The van der Waals surface area contributed by atoms with Crippen LogP contribution in [-0.4, -0.2) is 32.1 Å². The largest absolute Gasteiger partial charge is 0.318 e. The average molecular weight is 469 g/mol. The Labute approximate surface area is 194 Å². The lowest BCUT2D eigenvalue weighted by Gasteiger charge is -2.33. The van der Waals surface area contributed by atoms with E-state index in [1.807, 2.05) is 24.3 Å². The van der Waals surface area contributed by atoms with E-state index in [9.17, 15) is 9.59 Å². The molecule has 1 aliphatic heterocycles. The van der Waals surface area contributed by atoms with Gasteiger partial charge < -0.3 is 4.57 Å². The van der Waals surface area contributed by atoms with E-state index in [0.29, 0.717) is 16.2 Å². The van der Waals surface area contributed by atoms with Gasteiger partial charge in [0.1, 0.15) is 0 Å². The number of pyridine rings is 1. The number of aromatic nitrogens is 3. The van der Waals surface area contributed by atoms with Crippen LogP contribution in [0.1, 0.15) is 24.4 Å². The summed E-state index contributed by atoms with van der Waals surface area (Å²) in [6.45, 7) is 2.45. The van der Waals surface area contributed by atoms with Crippen LogP contribution >= 0.6 is 23.2 Å². The zero-order valence-corrected chi connectivity index (χ0v) is 19.1. The van der Waals surface area contributed by atoms with E-state index in [1.54, 1.807) is 17.7 Å². The molecule has 8 heteroatoms. The van der Waals surface area contributed by atoms with E-state index in [4.69, 9.17) is 23.2 Å². The Hall–Kier alpha value is -2.67. The minimum absolute atomic E-state index is 0.0780. The van der Waals surface area contributed by atoms with Gasteiger partial charge in [0.05, 0.1) is 10.5 Å². The van der Waals surface area contributed by atoms with E-state index >= 15 is 0 Å². The van der Waals surface area contributed by atoms with Crippen molar-refractivity contribution in [2.24, 2.45) is 7.05 Å². The minimum atomic E-state index is -0.559. The van der Waals surface area contributed by atoms with Crippen LogP contribution in [0.15, 0.2) is 58.3 Å². The summed E-state index contributed by atoms with van der Waals surface area (Å²) in [7, 11) is 1.58. The maximum absolute atomic E-state index is 12.9. The van der Waals surface area contributed by atoms with Crippen molar-refractivity contribution in [3.63, 3.8) is 0 Å². The predicted octanol–water partition coefficient (Wildman–Crippen LogP) is 4.39. The van der Waals surface area contributed by atoms with Crippen LogP contribution in [0.2, 0.25) is 10.0 Å². The zero-order chi connectivity index (χ0) is 22.4. The van der Waals surface area contributed by atoms with Gasteiger partial charge in [-0.25, -0.2) is 4.98 Å². The van der Waals surface area contributed by atoms with Gasteiger partial charge in [-0.2, -0.15) is 0 Å². The molecule has 0 amide bonds. The molecule has 0 N–H and O–H groups in total. The number of hydrogen-bond acceptors (Lipinski definition) is 4.